The number of carbonyl (C=O) groups is 2. The highest BCUT2D eigenvalue weighted by molar-refractivity contribution is 5.84. The highest BCUT2D eigenvalue weighted by atomic mass is 16.5. The van der Waals surface area contributed by atoms with Gasteiger partial charge in [0.25, 0.3) is 0 Å². The van der Waals surface area contributed by atoms with E-state index in [0.717, 1.165) is 0 Å². The maximum atomic E-state index is 12.0. The van der Waals surface area contributed by atoms with E-state index in [1.54, 1.807) is 18.2 Å². The Bertz CT molecular complexity index is 507. The molecule has 0 saturated heterocycles. The van der Waals surface area contributed by atoms with Gasteiger partial charge in [0, 0.05) is 6.54 Å². The van der Waals surface area contributed by atoms with Crippen molar-refractivity contribution in [2.75, 3.05) is 20.2 Å². The Labute approximate surface area is 116 Å². The lowest BCUT2D eigenvalue weighted by molar-refractivity contribution is -0.122. The van der Waals surface area contributed by atoms with E-state index >= 15 is 0 Å². The number of ether oxygens (including phenoxy) is 1. The van der Waals surface area contributed by atoms with Gasteiger partial charge in [-0.15, -0.1) is 0 Å². The summed E-state index contributed by atoms with van der Waals surface area (Å²) in [5.41, 5.74) is 0.606. The minimum Gasteiger partial charge on any atom is -0.508 e. The number of hydrogen-bond donors (Lipinski definition) is 3. The summed E-state index contributed by atoms with van der Waals surface area (Å²) < 4.78 is 4.44. The molecule has 0 aliphatic heterocycles. The highest BCUT2D eigenvalue weighted by Crippen LogP contribution is 2.18. The number of phenolic OH excluding ortho intramolecular Hbond substituents is 1. The molecule has 1 unspecified atom stereocenters. The molecule has 1 atom stereocenters. The summed E-state index contributed by atoms with van der Waals surface area (Å²) in [6, 6.07) is 7.84. The fourth-order valence-electron chi connectivity index (χ4n) is 1.58. The molecule has 2 amide bonds. The molecule has 0 saturated carbocycles. The Morgan fingerprint density at radius 3 is 2.55 bits per heavy atom. The van der Waals surface area contributed by atoms with Crippen LogP contribution < -0.4 is 10.6 Å². The number of nitriles is 1. The number of nitrogens with zero attached hydrogens (tertiary/aromatic N) is 1. The van der Waals surface area contributed by atoms with Gasteiger partial charge >= 0.3 is 6.09 Å². The number of aromatic hydroxyl groups is 1. The number of benzene rings is 1. The summed E-state index contributed by atoms with van der Waals surface area (Å²) >= 11 is 0. The van der Waals surface area contributed by atoms with Gasteiger partial charge in [0.1, 0.15) is 12.3 Å². The van der Waals surface area contributed by atoms with E-state index < -0.39 is 17.9 Å². The third-order valence-corrected chi connectivity index (χ3v) is 2.59. The number of methoxy groups -OCH3 is 1. The van der Waals surface area contributed by atoms with Crippen LogP contribution in [0.25, 0.3) is 0 Å². The molecule has 0 aliphatic rings. The molecule has 0 radical (unpaired) electrons. The summed E-state index contributed by atoms with van der Waals surface area (Å²) in [6.45, 7) is -0.0969. The average Bonchev–Trinajstić information content (AvgIpc) is 2.46. The van der Waals surface area contributed by atoms with E-state index in [9.17, 15) is 14.7 Å². The van der Waals surface area contributed by atoms with Crippen LogP contribution >= 0.6 is 0 Å². The van der Waals surface area contributed by atoms with Crippen LogP contribution in [0.15, 0.2) is 24.3 Å². The Morgan fingerprint density at radius 1 is 1.35 bits per heavy atom. The second-order valence-corrected chi connectivity index (χ2v) is 3.89. The third kappa shape index (κ3) is 4.49. The number of hydrogen-bond acceptors (Lipinski definition) is 5. The zero-order chi connectivity index (χ0) is 15.0. The molecule has 20 heavy (non-hydrogen) atoms. The molecule has 3 N–H and O–H groups in total. The molecular weight excluding hydrogens is 262 g/mol. The molecule has 7 heteroatoms. The minimum atomic E-state index is -0.678. The van der Waals surface area contributed by atoms with Crippen molar-refractivity contribution in [3.8, 4) is 11.8 Å². The molecule has 106 valence electrons. The van der Waals surface area contributed by atoms with Crippen molar-refractivity contribution in [1.82, 2.24) is 10.6 Å². The standard InChI is InChI=1S/C13H15N3O4/c1-20-13(19)16-8-11(12(18)15-7-6-14)9-2-4-10(17)5-3-9/h2-5,11,17H,7-8H2,1H3,(H,15,18)(H,16,19). The number of alkyl carbamates (subject to hydrolysis) is 1. The Morgan fingerprint density at radius 2 is 2.00 bits per heavy atom. The summed E-state index contributed by atoms with van der Waals surface area (Å²) in [5, 5.41) is 22.6. The predicted octanol–water partition coefficient (Wildman–Crippen LogP) is 0.472. The maximum Gasteiger partial charge on any atom is 0.406 e. The molecule has 1 rings (SSSR count). The van der Waals surface area contributed by atoms with Gasteiger partial charge in [0.2, 0.25) is 5.91 Å². The monoisotopic (exact) mass is 277 g/mol. The lowest BCUT2D eigenvalue weighted by atomic mass is 9.98. The normalized spacial score (nSPS) is 11.0. The zero-order valence-electron chi connectivity index (χ0n) is 10.9. The highest BCUT2D eigenvalue weighted by Gasteiger charge is 2.21. The first kappa shape index (κ1) is 15.3. The SMILES string of the molecule is COC(=O)NCC(C(=O)NCC#N)c1ccc(O)cc1. The van der Waals surface area contributed by atoms with Crippen LogP contribution in [0.5, 0.6) is 5.75 Å². The van der Waals surface area contributed by atoms with Crippen LogP contribution in [0, 0.1) is 11.3 Å². The first-order valence-electron chi connectivity index (χ1n) is 5.84. The van der Waals surface area contributed by atoms with Gasteiger partial charge in [-0.25, -0.2) is 4.79 Å². The third-order valence-electron chi connectivity index (χ3n) is 2.59. The van der Waals surface area contributed by atoms with Crippen molar-refractivity contribution in [3.63, 3.8) is 0 Å². The maximum absolute atomic E-state index is 12.0. The molecule has 1 aromatic carbocycles. The van der Waals surface area contributed by atoms with E-state index in [4.69, 9.17) is 5.26 Å². The van der Waals surface area contributed by atoms with E-state index in [1.807, 2.05) is 0 Å². The first-order valence-corrected chi connectivity index (χ1v) is 5.84. The van der Waals surface area contributed by atoms with Crippen LogP contribution in [-0.4, -0.2) is 37.3 Å². The lowest BCUT2D eigenvalue weighted by Crippen LogP contribution is -2.37. The molecule has 0 fully saturated rings. The van der Waals surface area contributed by atoms with Gasteiger partial charge in [-0.3, -0.25) is 4.79 Å². The second kappa shape index (κ2) is 7.63. The number of carbonyl (C=O) groups excluding carboxylic acids is 2. The van der Waals surface area contributed by atoms with E-state index in [-0.39, 0.29) is 18.8 Å². The van der Waals surface area contributed by atoms with Crippen molar-refractivity contribution in [3.05, 3.63) is 29.8 Å². The molecule has 7 nitrogen and oxygen atoms in total. The van der Waals surface area contributed by atoms with Gasteiger partial charge in [-0.2, -0.15) is 5.26 Å². The fourth-order valence-corrected chi connectivity index (χ4v) is 1.58. The summed E-state index contributed by atoms with van der Waals surface area (Å²) in [4.78, 5) is 23.1. The van der Waals surface area contributed by atoms with Crippen molar-refractivity contribution in [1.29, 1.82) is 5.26 Å². The smallest absolute Gasteiger partial charge is 0.406 e. The molecule has 0 spiro atoms. The molecule has 0 bridgehead atoms. The zero-order valence-corrected chi connectivity index (χ0v) is 10.9. The fraction of sp³-hybridized carbons (Fsp3) is 0.308. The van der Waals surface area contributed by atoms with Gasteiger partial charge < -0.3 is 20.5 Å². The largest absolute Gasteiger partial charge is 0.508 e. The van der Waals surface area contributed by atoms with Crippen molar-refractivity contribution in [2.45, 2.75) is 5.92 Å². The summed E-state index contributed by atoms with van der Waals surface area (Å²) in [5.74, 6) is -0.998. The quantitative estimate of drug-likeness (QED) is 0.677. The van der Waals surface area contributed by atoms with E-state index in [2.05, 4.69) is 15.4 Å². The molecular formula is C13H15N3O4. The van der Waals surface area contributed by atoms with Crippen molar-refractivity contribution >= 4 is 12.0 Å². The minimum absolute atomic E-state index is 0.0225. The number of phenols is 1. The Hall–Kier alpha value is -2.75. The summed E-state index contributed by atoms with van der Waals surface area (Å²) in [6.07, 6.45) is -0.651. The lowest BCUT2D eigenvalue weighted by Gasteiger charge is -2.16. The van der Waals surface area contributed by atoms with E-state index in [0.29, 0.717) is 5.56 Å². The van der Waals surface area contributed by atoms with Gasteiger partial charge in [0.15, 0.2) is 0 Å². The Kier molecular flexibility index (Phi) is 5.84. The molecule has 0 aromatic heterocycles. The molecule has 1 aromatic rings. The Balaban J connectivity index is 2.83. The number of amides is 2. The van der Waals surface area contributed by atoms with Crippen LogP contribution in [-0.2, 0) is 9.53 Å². The second-order valence-electron chi connectivity index (χ2n) is 3.89. The van der Waals surface area contributed by atoms with Crippen LogP contribution in [0.2, 0.25) is 0 Å². The van der Waals surface area contributed by atoms with Crippen LogP contribution in [0.4, 0.5) is 4.79 Å². The van der Waals surface area contributed by atoms with Gasteiger partial charge in [-0.05, 0) is 17.7 Å². The predicted molar refractivity (Wildman–Crippen MR) is 69.9 cm³/mol. The van der Waals surface area contributed by atoms with Crippen molar-refractivity contribution in [2.24, 2.45) is 0 Å². The number of rotatable bonds is 5. The van der Waals surface area contributed by atoms with E-state index in [1.165, 1.54) is 19.2 Å². The van der Waals surface area contributed by atoms with Gasteiger partial charge in [-0.1, -0.05) is 12.1 Å². The average molecular weight is 277 g/mol. The first-order chi connectivity index (χ1) is 9.58. The van der Waals surface area contributed by atoms with Crippen LogP contribution in [0.1, 0.15) is 11.5 Å². The van der Waals surface area contributed by atoms with Crippen LogP contribution in [0.3, 0.4) is 0 Å². The molecule has 0 aliphatic carbocycles. The molecule has 0 heterocycles. The number of nitrogens with one attached hydrogen (secondary N) is 2. The van der Waals surface area contributed by atoms with Crippen molar-refractivity contribution < 1.29 is 19.4 Å². The topological polar surface area (TPSA) is 111 Å². The summed E-state index contributed by atoms with van der Waals surface area (Å²) in [7, 11) is 1.22. The van der Waals surface area contributed by atoms with Gasteiger partial charge in [0.05, 0.1) is 19.1 Å².